The molecule has 0 aromatic carbocycles. The standard InChI is InChI=1S/C12H21ClN4/c1-10(2)17-12(14-9-15-17)8-16-5-3-4-11(6-13)7-16/h9-11H,3-8H2,1-2H3. The van der Waals surface area contributed by atoms with Crippen LogP contribution in [0.2, 0.25) is 0 Å². The van der Waals surface area contributed by atoms with Gasteiger partial charge in [0.2, 0.25) is 0 Å². The number of nitrogens with zero attached hydrogens (tertiary/aromatic N) is 4. The minimum atomic E-state index is 0.376. The van der Waals surface area contributed by atoms with Gasteiger partial charge < -0.3 is 0 Å². The molecule has 2 heterocycles. The fourth-order valence-corrected chi connectivity index (χ4v) is 2.69. The monoisotopic (exact) mass is 256 g/mol. The van der Waals surface area contributed by atoms with Crippen LogP contribution < -0.4 is 0 Å². The Labute approximate surface area is 108 Å². The van der Waals surface area contributed by atoms with Crippen LogP contribution in [0.5, 0.6) is 0 Å². The molecule has 0 amide bonds. The van der Waals surface area contributed by atoms with Crippen molar-refractivity contribution in [1.29, 1.82) is 0 Å². The summed E-state index contributed by atoms with van der Waals surface area (Å²) in [7, 11) is 0. The Balaban J connectivity index is 1.98. The van der Waals surface area contributed by atoms with Crippen LogP contribution in [0.1, 0.15) is 38.6 Å². The topological polar surface area (TPSA) is 34.0 Å². The molecule has 0 N–H and O–H groups in total. The lowest BCUT2D eigenvalue weighted by Gasteiger charge is -2.31. The lowest BCUT2D eigenvalue weighted by atomic mass is 10.0. The summed E-state index contributed by atoms with van der Waals surface area (Å²) < 4.78 is 2.00. The number of alkyl halides is 1. The molecule has 1 aromatic heterocycles. The fraction of sp³-hybridized carbons (Fsp3) is 0.833. The molecular weight excluding hydrogens is 236 g/mol. The number of hydrogen-bond acceptors (Lipinski definition) is 3. The largest absolute Gasteiger partial charge is 0.296 e. The Hall–Kier alpha value is -0.610. The second-order valence-corrected chi connectivity index (χ2v) is 5.42. The van der Waals surface area contributed by atoms with Gasteiger partial charge in [0.05, 0.1) is 6.54 Å². The molecule has 4 nitrogen and oxygen atoms in total. The maximum absolute atomic E-state index is 5.95. The number of halogens is 1. The van der Waals surface area contributed by atoms with Gasteiger partial charge in [-0.2, -0.15) is 5.10 Å². The minimum absolute atomic E-state index is 0.376. The van der Waals surface area contributed by atoms with Gasteiger partial charge in [-0.25, -0.2) is 9.67 Å². The first-order valence-electron chi connectivity index (χ1n) is 6.37. The van der Waals surface area contributed by atoms with Crippen LogP contribution in [-0.2, 0) is 6.54 Å². The maximum Gasteiger partial charge on any atom is 0.141 e. The zero-order valence-electron chi connectivity index (χ0n) is 10.6. The normalized spacial score (nSPS) is 22.2. The van der Waals surface area contributed by atoms with E-state index in [1.807, 2.05) is 4.68 Å². The highest BCUT2D eigenvalue weighted by Crippen LogP contribution is 2.19. The fourth-order valence-electron chi connectivity index (χ4n) is 2.44. The Kier molecular flexibility index (Phi) is 4.40. The van der Waals surface area contributed by atoms with Crippen molar-refractivity contribution in [2.75, 3.05) is 19.0 Å². The van der Waals surface area contributed by atoms with Gasteiger partial charge in [0.1, 0.15) is 12.2 Å². The van der Waals surface area contributed by atoms with Gasteiger partial charge in [-0.3, -0.25) is 4.90 Å². The van der Waals surface area contributed by atoms with E-state index in [4.69, 9.17) is 11.6 Å². The zero-order chi connectivity index (χ0) is 12.3. The molecule has 2 rings (SSSR count). The van der Waals surface area contributed by atoms with E-state index < -0.39 is 0 Å². The molecule has 1 saturated heterocycles. The molecule has 0 saturated carbocycles. The molecule has 1 aliphatic rings. The SMILES string of the molecule is CC(C)n1ncnc1CN1CCCC(CCl)C1. The minimum Gasteiger partial charge on any atom is -0.296 e. The lowest BCUT2D eigenvalue weighted by Crippen LogP contribution is -2.36. The highest BCUT2D eigenvalue weighted by Gasteiger charge is 2.21. The molecule has 0 aliphatic carbocycles. The van der Waals surface area contributed by atoms with E-state index in [9.17, 15) is 0 Å². The summed E-state index contributed by atoms with van der Waals surface area (Å²) in [6, 6.07) is 0.376. The third-order valence-corrected chi connectivity index (χ3v) is 3.76. The first-order valence-corrected chi connectivity index (χ1v) is 6.91. The number of aromatic nitrogens is 3. The molecule has 1 unspecified atom stereocenters. The highest BCUT2D eigenvalue weighted by molar-refractivity contribution is 6.18. The molecule has 1 aromatic rings. The van der Waals surface area contributed by atoms with Crippen LogP contribution in [0.25, 0.3) is 0 Å². The third kappa shape index (κ3) is 3.19. The predicted molar refractivity (Wildman–Crippen MR) is 69.1 cm³/mol. The highest BCUT2D eigenvalue weighted by atomic mass is 35.5. The third-order valence-electron chi connectivity index (χ3n) is 3.32. The zero-order valence-corrected chi connectivity index (χ0v) is 11.4. The van der Waals surface area contributed by atoms with Crippen molar-refractivity contribution in [2.45, 2.75) is 39.3 Å². The van der Waals surface area contributed by atoms with Gasteiger partial charge in [0.25, 0.3) is 0 Å². The van der Waals surface area contributed by atoms with Crippen LogP contribution in [0.15, 0.2) is 6.33 Å². The Morgan fingerprint density at radius 1 is 1.53 bits per heavy atom. The van der Waals surface area contributed by atoms with Crippen molar-refractivity contribution < 1.29 is 0 Å². The van der Waals surface area contributed by atoms with Gasteiger partial charge >= 0.3 is 0 Å². The van der Waals surface area contributed by atoms with Crippen LogP contribution >= 0.6 is 11.6 Å². The molecule has 96 valence electrons. The Bertz CT molecular complexity index is 350. The van der Waals surface area contributed by atoms with Crippen LogP contribution in [-0.4, -0.2) is 38.6 Å². The smallest absolute Gasteiger partial charge is 0.141 e. The maximum atomic E-state index is 5.95. The number of hydrogen-bond donors (Lipinski definition) is 0. The van der Waals surface area contributed by atoms with Gasteiger partial charge in [0, 0.05) is 18.5 Å². The molecule has 17 heavy (non-hydrogen) atoms. The summed E-state index contributed by atoms with van der Waals surface area (Å²) in [5.74, 6) is 2.48. The van der Waals surface area contributed by atoms with E-state index in [1.54, 1.807) is 6.33 Å². The molecule has 1 fully saturated rings. The van der Waals surface area contributed by atoms with Crippen molar-refractivity contribution in [3.05, 3.63) is 12.2 Å². The van der Waals surface area contributed by atoms with Gasteiger partial charge in [-0.05, 0) is 39.2 Å². The van der Waals surface area contributed by atoms with Crippen molar-refractivity contribution in [1.82, 2.24) is 19.7 Å². The van der Waals surface area contributed by atoms with Gasteiger partial charge in [-0.1, -0.05) is 0 Å². The van der Waals surface area contributed by atoms with E-state index in [0.29, 0.717) is 12.0 Å². The predicted octanol–water partition coefficient (Wildman–Crippen LogP) is 2.31. The van der Waals surface area contributed by atoms with E-state index in [-0.39, 0.29) is 0 Å². The first kappa shape index (κ1) is 12.8. The van der Waals surface area contributed by atoms with E-state index in [0.717, 1.165) is 31.3 Å². The molecule has 0 bridgehead atoms. The first-order chi connectivity index (χ1) is 8.20. The van der Waals surface area contributed by atoms with Crippen LogP contribution in [0, 0.1) is 5.92 Å². The summed E-state index contributed by atoms with van der Waals surface area (Å²) >= 11 is 5.95. The molecule has 0 radical (unpaired) electrons. The second-order valence-electron chi connectivity index (χ2n) is 5.11. The molecular formula is C12H21ClN4. The second kappa shape index (κ2) is 5.83. The average molecular weight is 257 g/mol. The lowest BCUT2D eigenvalue weighted by molar-refractivity contribution is 0.171. The van der Waals surface area contributed by atoms with Crippen molar-refractivity contribution in [3.63, 3.8) is 0 Å². The Morgan fingerprint density at radius 3 is 3.06 bits per heavy atom. The number of likely N-dealkylation sites (tertiary alicyclic amines) is 1. The summed E-state index contributed by atoms with van der Waals surface area (Å²) in [5, 5.41) is 4.27. The average Bonchev–Trinajstić information content (AvgIpc) is 2.77. The summed E-state index contributed by atoms with van der Waals surface area (Å²) in [5.41, 5.74) is 0. The molecule has 1 atom stereocenters. The van der Waals surface area contributed by atoms with Gasteiger partial charge in [0.15, 0.2) is 0 Å². The van der Waals surface area contributed by atoms with Crippen LogP contribution in [0.3, 0.4) is 0 Å². The number of rotatable bonds is 4. The number of piperidine rings is 1. The summed E-state index contributed by atoms with van der Waals surface area (Å²) in [6.07, 6.45) is 4.16. The van der Waals surface area contributed by atoms with E-state index in [2.05, 4.69) is 28.8 Å². The van der Waals surface area contributed by atoms with Crippen LogP contribution in [0.4, 0.5) is 0 Å². The van der Waals surface area contributed by atoms with Crippen molar-refractivity contribution in [3.8, 4) is 0 Å². The van der Waals surface area contributed by atoms with Crippen molar-refractivity contribution in [2.24, 2.45) is 5.92 Å². The molecule has 0 spiro atoms. The quantitative estimate of drug-likeness (QED) is 0.776. The van der Waals surface area contributed by atoms with Crippen molar-refractivity contribution >= 4 is 11.6 Å². The van der Waals surface area contributed by atoms with E-state index in [1.165, 1.54) is 12.8 Å². The summed E-state index contributed by atoms with van der Waals surface area (Å²) in [6.45, 7) is 7.41. The Morgan fingerprint density at radius 2 is 2.35 bits per heavy atom. The molecule has 5 heteroatoms. The molecule has 1 aliphatic heterocycles. The van der Waals surface area contributed by atoms with Gasteiger partial charge in [-0.15, -0.1) is 11.6 Å². The van der Waals surface area contributed by atoms with E-state index >= 15 is 0 Å². The summed E-state index contributed by atoms with van der Waals surface area (Å²) in [4.78, 5) is 6.80.